The van der Waals surface area contributed by atoms with Crippen molar-refractivity contribution in [3.05, 3.63) is 18.0 Å². The van der Waals surface area contributed by atoms with E-state index in [1.54, 1.807) is 0 Å². The number of amides is 1. The number of anilines is 1. The van der Waals surface area contributed by atoms with Crippen LogP contribution in [0.4, 0.5) is 5.95 Å². The minimum atomic E-state index is -0.0303. The molecule has 2 aromatic heterocycles. The van der Waals surface area contributed by atoms with E-state index in [0.717, 1.165) is 75.0 Å². The molecular weight excluding hydrogens is 428 g/mol. The summed E-state index contributed by atoms with van der Waals surface area (Å²) >= 11 is 0. The highest BCUT2D eigenvalue weighted by atomic mass is 16.5. The molecule has 8 heteroatoms. The van der Waals surface area contributed by atoms with Crippen LogP contribution in [0.25, 0.3) is 11.0 Å². The number of hydrogen-bond acceptors (Lipinski definition) is 6. The van der Waals surface area contributed by atoms with Crippen molar-refractivity contribution < 1.29 is 9.53 Å². The highest BCUT2D eigenvalue weighted by Crippen LogP contribution is 2.42. The Balaban J connectivity index is 1.19. The second-order valence-electron chi connectivity index (χ2n) is 11.0. The molecule has 8 nitrogen and oxygen atoms in total. The van der Waals surface area contributed by atoms with Crippen LogP contribution in [-0.2, 0) is 10.3 Å². The summed E-state index contributed by atoms with van der Waals surface area (Å²) in [7, 11) is 1.94. The zero-order chi connectivity index (χ0) is 23.1. The van der Waals surface area contributed by atoms with Gasteiger partial charge in [-0.2, -0.15) is 4.98 Å². The van der Waals surface area contributed by atoms with Crippen molar-refractivity contribution in [2.75, 3.05) is 32.1 Å². The monoisotopic (exact) mass is 466 g/mol. The molecule has 1 saturated heterocycles. The van der Waals surface area contributed by atoms with E-state index in [2.05, 4.69) is 20.2 Å². The number of carbonyl (C=O) groups is 1. The van der Waals surface area contributed by atoms with Crippen molar-refractivity contribution in [3.63, 3.8) is 0 Å². The average Bonchev–Trinajstić information content (AvgIpc) is 3.25. The molecule has 2 aliphatic carbocycles. The summed E-state index contributed by atoms with van der Waals surface area (Å²) in [6.07, 6.45) is 14.7. The number of nitrogens with one attached hydrogen (secondary N) is 2. The quantitative estimate of drug-likeness (QED) is 0.715. The minimum absolute atomic E-state index is 0.0303. The van der Waals surface area contributed by atoms with Crippen LogP contribution in [-0.4, -0.2) is 70.3 Å². The maximum absolute atomic E-state index is 13.0. The standard InChI is InChI=1S/C26H38N6O2/c1-31-17-26(11-3-2-4-12-26)32-22(24(31)33)15-18-16-27-25(30-23(18)32)29-20-7-5-19(6-8-20)28-21-9-13-34-14-10-21/h15-16,19-21,28H,2-14,17H2,1H3,(H,27,29,30). The molecule has 1 amide bonds. The number of fused-ring (bicyclic) bond motifs is 4. The lowest BCUT2D eigenvalue weighted by Gasteiger charge is -2.45. The molecule has 0 unspecified atom stereocenters. The molecule has 0 bridgehead atoms. The highest BCUT2D eigenvalue weighted by Gasteiger charge is 2.43. The van der Waals surface area contributed by atoms with Gasteiger partial charge in [0.15, 0.2) is 0 Å². The summed E-state index contributed by atoms with van der Waals surface area (Å²) < 4.78 is 7.78. The van der Waals surface area contributed by atoms with Crippen LogP contribution in [0.1, 0.15) is 81.1 Å². The first-order valence-corrected chi connectivity index (χ1v) is 13.4. The fourth-order valence-electron chi connectivity index (χ4n) is 6.85. The summed E-state index contributed by atoms with van der Waals surface area (Å²) in [5, 5.41) is 8.46. The number of aromatic nitrogens is 3. The van der Waals surface area contributed by atoms with E-state index in [1.807, 2.05) is 24.2 Å². The van der Waals surface area contributed by atoms with Crippen molar-refractivity contribution in [1.82, 2.24) is 24.8 Å². The van der Waals surface area contributed by atoms with Crippen molar-refractivity contribution in [3.8, 4) is 0 Å². The lowest BCUT2D eigenvalue weighted by Crippen LogP contribution is -2.53. The van der Waals surface area contributed by atoms with Gasteiger partial charge in [0.05, 0.1) is 5.54 Å². The Kier molecular flexibility index (Phi) is 5.97. The molecule has 4 heterocycles. The number of rotatable bonds is 4. The first kappa shape index (κ1) is 22.3. The van der Waals surface area contributed by atoms with Gasteiger partial charge >= 0.3 is 0 Å². The topological polar surface area (TPSA) is 84.3 Å². The number of hydrogen-bond donors (Lipinski definition) is 2. The van der Waals surface area contributed by atoms with Gasteiger partial charge in [-0.15, -0.1) is 0 Å². The SMILES string of the molecule is CN1CC2(CCCCC2)n2c(cc3cnc(NC4CCC(NC5CCOCC5)CC4)nc32)C1=O. The van der Waals surface area contributed by atoms with Gasteiger partial charge < -0.3 is 24.8 Å². The van der Waals surface area contributed by atoms with Crippen molar-refractivity contribution in [1.29, 1.82) is 0 Å². The Labute approximate surface area is 201 Å². The molecule has 3 fully saturated rings. The van der Waals surface area contributed by atoms with E-state index in [0.29, 0.717) is 24.1 Å². The lowest BCUT2D eigenvalue weighted by molar-refractivity contribution is 0.0543. The largest absolute Gasteiger partial charge is 0.381 e. The molecule has 1 spiro atoms. The van der Waals surface area contributed by atoms with Crippen molar-refractivity contribution in [2.45, 2.75) is 94.3 Å². The summed E-state index contributed by atoms with van der Waals surface area (Å²) in [6, 6.07) is 3.62. The van der Waals surface area contributed by atoms with Crippen LogP contribution in [0.15, 0.2) is 12.3 Å². The Morgan fingerprint density at radius 3 is 2.47 bits per heavy atom. The predicted octanol–water partition coefficient (Wildman–Crippen LogP) is 3.67. The molecule has 0 radical (unpaired) electrons. The molecule has 34 heavy (non-hydrogen) atoms. The first-order chi connectivity index (χ1) is 16.6. The maximum atomic E-state index is 13.0. The third-order valence-electron chi connectivity index (χ3n) is 8.65. The third-order valence-corrected chi connectivity index (χ3v) is 8.65. The molecule has 2 aromatic rings. The molecule has 6 rings (SSSR count). The van der Waals surface area contributed by atoms with E-state index in [1.165, 1.54) is 32.1 Å². The van der Waals surface area contributed by atoms with E-state index < -0.39 is 0 Å². The van der Waals surface area contributed by atoms with Crippen LogP contribution >= 0.6 is 0 Å². The molecule has 0 atom stereocenters. The molecule has 2 N–H and O–H groups in total. The van der Waals surface area contributed by atoms with Crippen LogP contribution in [0.3, 0.4) is 0 Å². The Morgan fingerprint density at radius 1 is 1.00 bits per heavy atom. The van der Waals surface area contributed by atoms with Crippen LogP contribution in [0.5, 0.6) is 0 Å². The molecule has 2 aliphatic heterocycles. The fourth-order valence-corrected chi connectivity index (χ4v) is 6.85. The second-order valence-corrected chi connectivity index (χ2v) is 11.0. The van der Waals surface area contributed by atoms with Crippen LogP contribution < -0.4 is 10.6 Å². The Bertz CT molecular complexity index is 1030. The van der Waals surface area contributed by atoms with Gasteiger partial charge in [0.2, 0.25) is 5.95 Å². The van der Waals surface area contributed by atoms with E-state index in [-0.39, 0.29) is 11.4 Å². The van der Waals surface area contributed by atoms with Gasteiger partial charge in [0.25, 0.3) is 5.91 Å². The number of carbonyl (C=O) groups excluding carboxylic acids is 1. The summed E-state index contributed by atoms with van der Waals surface area (Å²) in [5.74, 6) is 0.797. The minimum Gasteiger partial charge on any atom is -0.381 e. The normalized spacial score (nSPS) is 27.8. The molecule has 184 valence electrons. The van der Waals surface area contributed by atoms with Gasteiger partial charge in [0.1, 0.15) is 11.3 Å². The smallest absolute Gasteiger partial charge is 0.270 e. The van der Waals surface area contributed by atoms with Crippen molar-refractivity contribution >= 4 is 22.9 Å². The fraction of sp³-hybridized carbons (Fsp3) is 0.731. The summed E-state index contributed by atoms with van der Waals surface area (Å²) in [5.41, 5.74) is 1.67. The predicted molar refractivity (Wildman–Crippen MR) is 132 cm³/mol. The first-order valence-electron chi connectivity index (χ1n) is 13.4. The lowest BCUT2D eigenvalue weighted by atomic mass is 9.79. The summed E-state index contributed by atoms with van der Waals surface area (Å²) in [6.45, 7) is 2.56. The average molecular weight is 467 g/mol. The molecular formula is C26H38N6O2. The zero-order valence-corrected chi connectivity index (χ0v) is 20.4. The van der Waals surface area contributed by atoms with Crippen LogP contribution in [0, 0.1) is 0 Å². The highest BCUT2D eigenvalue weighted by molar-refractivity contribution is 5.99. The maximum Gasteiger partial charge on any atom is 0.270 e. The number of likely N-dealkylation sites (N-methyl/N-ethyl adjacent to an activating group) is 1. The van der Waals surface area contributed by atoms with E-state index >= 15 is 0 Å². The number of nitrogens with zero attached hydrogens (tertiary/aromatic N) is 4. The van der Waals surface area contributed by atoms with E-state index in [4.69, 9.17) is 9.72 Å². The molecule has 0 aromatic carbocycles. The van der Waals surface area contributed by atoms with Gasteiger partial charge in [-0.25, -0.2) is 4.98 Å². The van der Waals surface area contributed by atoms with Crippen LogP contribution in [0.2, 0.25) is 0 Å². The molecule has 2 saturated carbocycles. The summed E-state index contributed by atoms with van der Waals surface area (Å²) in [4.78, 5) is 24.6. The second kappa shape index (κ2) is 9.11. The van der Waals surface area contributed by atoms with Gasteiger partial charge in [-0.3, -0.25) is 4.79 Å². The molecule has 4 aliphatic rings. The van der Waals surface area contributed by atoms with E-state index in [9.17, 15) is 4.79 Å². The van der Waals surface area contributed by atoms with Gasteiger partial charge in [0, 0.05) is 56.5 Å². The van der Waals surface area contributed by atoms with Gasteiger partial charge in [-0.05, 0) is 57.4 Å². The Morgan fingerprint density at radius 2 is 1.71 bits per heavy atom. The van der Waals surface area contributed by atoms with Gasteiger partial charge in [-0.1, -0.05) is 19.3 Å². The Hall–Kier alpha value is -2.19. The third kappa shape index (κ3) is 4.09. The van der Waals surface area contributed by atoms with Crippen molar-refractivity contribution in [2.24, 2.45) is 0 Å². The number of ether oxygens (including phenoxy) is 1. The zero-order valence-electron chi connectivity index (χ0n) is 20.4.